The second kappa shape index (κ2) is 9.25. The van der Waals surface area contributed by atoms with Crippen molar-refractivity contribution in [1.29, 1.82) is 0 Å². The number of benzene rings is 2. The Morgan fingerprint density at radius 1 is 0.970 bits per heavy atom. The van der Waals surface area contributed by atoms with E-state index in [1.54, 1.807) is 12.5 Å². The molecule has 0 spiro atoms. The van der Waals surface area contributed by atoms with Crippen LogP contribution in [0, 0.1) is 0 Å². The third kappa shape index (κ3) is 4.49. The number of methoxy groups -OCH3 is 1. The Hall–Kier alpha value is -3.98. The summed E-state index contributed by atoms with van der Waals surface area (Å²) in [6.45, 7) is 3.75. The predicted molar refractivity (Wildman–Crippen MR) is 127 cm³/mol. The standard InChI is InChI=1S/C24H25N7O2/c1-33-22(32)16-29-11-13-30(14-12-29)19-9-7-18(8-10-19)28-23-21-15-27-31(24(21)26-17-25-23)20-5-3-2-4-6-20/h2-10,15,17H,11-14,16H2,1H3,(H,25,26,28). The minimum Gasteiger partial charge on any atom is -0.468 e. The van der Waals surface area contributed by atoms with Gasteiger partial charge in [0, 0.05) is 37.6 Å². The highest BCUT2D eigenvalue weighted by Gasteiger charge is 2.19. The molecule has 0 saturated carbocycles. The third-order valence-electron chi connectivity index (χ3n) is 5.81. The Bertz CT molecular complexity index is 1230. The summed E-state index contributed by atoms with van der Waals surface area (Å²) in [5.41, 5.74) is 3.80. The molecule has 0 bridgehead atoms. The van der Waals surface area contributed by atoms with Crippen molar-refractivity contribution >= 4 is 34.2 Å². The summed E-state index contributed by atoms with van der Waals surface area (Å²) >= 11 is 0. The SMILES string of the molecule is COC(=O)CN1CCN(c2ccc(Nc3ncnc4c3cnn4-c3ccccc3)cc2)CC1. The van der Waals surface area contributed by atoms with Crippen LogP contribution in [0.3, 0.4) is 0 Å². The van der Waals surface area contributed by atoms with Gasteiger partial charge in [-0.1, -0.05) is 18.2 Å². The van der Waals surface area contributed by atoms with Gasteiger partial charge < -0.3 is 15.0 Å². The average Bonchev–Trinajstić information content (AvgIpc) is 3.31. The van der Waals surface area contributed by atoms with Crippen LogP contribution in [-0.4, -0.2) is 70.5 Å². The van der Waals surface area contributed by atoms with E-state index in [2.05, 4.69) is 42.3 Å². The summed E-state index contributed by atoms with van der Waals surface area (Å²) in [6, 6.07) is 18.2. The van der Waals surface area contributed by atoms with E-state index in [1.807, 2.05) is 47.1 Å². The van der Waals surface area contributed by atoms with Crippen LogP contribution in [0.25, 0.3) is 16.7 Å². The topological polar surface area (TPSA) is 88.4 Å². The Balaban J connectivity index is 1.27. The molecular weight excluding hydrogens is 418 g/mol. The van der Waals surface area contributed by atoms with E-state index in [4.69, 9.17) is 4.74 Å². The van der Waals surface area contributed by atoms with E-state index in [0.29, 0.717) is 12.4 Å². The van der Waals surface area contributed by atoms with Crippen molar-refractivity contribution < 1.29 is 9.53 Å². The molecule has 5 rings (SSSR count). The molecule has 9 nitrogen and oxygen atoms in total. The molecule has 0 aliphatic carbocycles. The molecule has 1 N–H and O–H groups in total. The first-order valence-electron chi connectivity index (χ1n) is 10.9. The molecule has 2 aromatic carbocycles. The number of hydrogen-bond acceptors (Lipinski definition) is 8. The fourth-order valence-electron chi connectivity index (χ4n) is 4.01. The van der Waals surface area contributed by atoms with Crippen LogP contribution in [0.15, 0.2) is 67.1 Å². The summed E-state index contributed by atoms with van der Waals surface area (Å²) in [5, 5.41) is 8.76. The number of anilines is 3. The molecule has 0 unspecified atom stereocenters. The molecule has 9 heteroatoms. The second-order valence-corrected chi connectivity index (χ2v) is 7.86. The minimum absolute atomic E-state index is 0.188. The maximum absolute atomic E-state index is 11.5. The maximum atomic E-state index is 11.5. The van der Waals surface area contributed by atoms with Crippen LogP contribution in [0.4, 0.5) is 17.2 Å². The van der Waals surface area contributed by atoms with Crippen molar-refractivity contribution in [2.75, 3.05) is 50.1 Å². The number of nitrogens with one attached hydrogen (secondary N) is 1. The number of aromatic nitrogens is 4. The highest BCUT2D eigenvalue weighted by atomic mass is 16.5. The fourth-order valence-corrected chi connectivity index (χ4v) is 4.01. The number of carbonyl (C=O) groups excluding carboxylic acids is 1. The minimum atomic E-state index is -0.188. The van der Waals surface area contributed by atoms with Crippen LogP contribution in [-0.2, 0) is 9.53 Å². The van der Waals surface area contributed by atoms with Crippen molar-refractivity contribution in [3.05, 3.63) is 67.1 Å². The fraction of sp³-hybridized carbons (Fsp3) is 0.250. The Morgan fingerprint density at radius 2 is 1.73 bits per heavy atom. The number of para-hydroxylation sites is 1. The van der Waals surface area contributed by atoms with Gasteiger partial charge in [-0.2, -0.15) is 5.10 Å². The van der Waals surface area contributed by atoms with Crippen molar-refractivity contribution in [3.8, 4) is 5.69 Å². The molecule has 1 aliphatic heterocycles. The lowest BCUT2D eigenvalue weighted by Crippen LogP contribution is -2.48. The molecule has 0 amide bonds. The molecule has 1 aliphatic rings. The van der Waals surface area contributed by atoms with Crippen LogP contribution in [0.2, 0.25) is 0 Å². The lowest BCUT2D eigenvalue weighted by atomic mass is 10.2. The zero-order valence-electron chi connectivity index (χ0n) is 18.4. The Morgan fingerprint density at radius 3 is 2.45 bits per heavy atom. The van der Waals surface area contributed by atoms with Crippen LogP contribution in [0.5, 0.6) is 0 Å². The largest absolute Gasteiger partial charge is 0.468 e. The number of esters is 1. The van der Waals surface area contributed by atoms with Crippen molar-refractivity contribution in [3.63, 3.8) is 0 Å². The van der Waals surface area contributed by atoms with Gasteiger partial charge in [0.05, 0.1) is 30.9 Å². The molecule has 0 radical (unpaired) electrons. The lowest BCUT2D eigenvalue weighted by molar-refractivity contribution is -0.142. The monoisotopic (exact) mass is 443 g/mol. The van der Waals surface area contributed by atoms with E-state index < -0.39 is 0 Å². The number of fused-ring (bicyclic) bond motifs is 1. The number of ether oxygens (including phenoxy) is 1. The van der Waals surface area contributed by atoms with E-state index in [0.717, 1.165) is 54.3 Å². The van der Waals surface area contributed by atoms with Gasteiger partial charge in [-0.25, -0.2) is 14.6 Å². The number of piperazine rings is 1. The maximum Gasteiger partial charge on any atom is 0.319 e. The lowest BCUT2D eigenvalue weighted by Gasteiger charge is -2.35. The van der Waals surface area contributed by atoms with Crippen LogP contribution >= 0.6 is 0 Å². The molecule has 33 heavy (non-hydrogen) atoms. The van der Waals surface area contributed by atoms with Crippen molar-refractivity contribution in [2.45, 2.75) is 0 Å². The predicted octanol–water partition coefficient (Wildman–Crippen LogP) is 2.85. The number of nitrogens with zero attached hydrogens (tertiary/aromatic N) is 6. The van der Waals surface area contributed by atoms with Crippen molar-refractivity contribution in [1.82, 2.24) is 24.6 Å². The molecule has 3 heterocycles. The van der Waals surface area contributed by atoms with Gasteiger partial charge in [0.25, 0.3) is 0 Å². The molecular formula is C24H25N7O2. The number of hydrogen-bond donors (Lipinski definition) is 1. The smallest absolute Gasteiger partial charge is 0.319 e. The molecule has 1 fully saturated rings. The summed E-state index contributed by atoms with van der Waals surface area (Å²) in [6.07, 6.45) is 3.33. The van der Waals surface area contributed by atoms with Gasteiger partial charge in [0.2, 0.25) is 0 Å². The van der Waals surface area contributed by atoms with Gasteiger partial charge >= 0.3 is 5.97 Å². The van der Waals surface area contributed by atoms with Gasteiger partial charge in [-0.15, -0.1) is 0 Å². The van der Waals surface area contributed by atoms with Gasteiger partial charge in [0.1, 0.15) is 12.1 Å². The summed E-state index contributed by atoms with van der Waals surface area (Å²) in [5.74, 6) is 0.526. The Kier molecular flexibility index (Phi) is 5.86. The summed E-state index contributed by atoms with van der Waals surface area (Å²) in [4.78, 5) is 24.8. The van der Waals surface area contributed by atoms with Crippen molar-refractivity contribution in [2.24, 2.45) is 0 Å². The van der Waals surface area contributed by atoms with Gasteiger partial charge in [-0.3, -0.25) is 9.69 Å². The number of carbonyl (C=O) groups is 1. The van der Waals surface area contributed by atoms with Crippen LogP contribution < -0.4 is 10.2 Å². The van der Waals surface area contributed by atoms with Gasteiger partial charge in [0.15, 0.2) is 5.65 Å². The van der Waals surface area contributed by atoms with Gasteiger partial charge in [-0.05, 0) is 36.4 Å². The third-order valence-corrected chi connectivity index (χ3v) is 5.81. The summed E-state index contributed by atoms with van der Waals surface area (Å²) < 4.78 is 6.57. The first kappa shape index (κ1) is 20.9. The average molecular weight is 444 g/mol. The molecule has 0 atom stereocenters. The number of rotatable bonds is 6. The van der Waals surface area contributed by atoms with E-state index >= 15 is 0 Å². The first-order chi connectivity index (χ1) is 16.2. The highest BCUT2D eigenvalue weighted by molar-refractivity contribution is 5.89. The first-order valence-corrected chi connectivity index (χ1v) is 10.9. The van der Waals surface area contributed by atoms with Crippen LogP contribution in [0.1, 0.15) is 0 Å². The quantitative estimate of drug-likeness (QED) is 0.455. The zero-order chi connectivity index (χ0) is 22.6. The summed E-state index contributed by atoms with van der Waals surface area (Å²) in [7, 11) is 1.43. The normalized spacial score (nSPS) is 14.4. The molecule has 168 valence electrons. The van der Waals surface area contributed by atoms with E-state index in [-0.39, 0.29) is 5.97 Å². The molecule has 4 aromatic rings. The zero-order valence-corrected chi connectivity index (χ0v) is 18.4. The molecule has 2 aromatic heterocycles. The Labute approximate surface area is 191 Å². The second-order valence-electron chi connectivity index (χ2n) is 7.86. The van der Waals surface area contributed by atoms with E-state index in [1.165, 1.54) is 7.11 Å². The molecule has 1 saturated heterocycles. The highest BCUT2D eigenvalue weighted by Crippen LogP contribution is 2.26. The van der Waals surface area contributed by atoms with E-state index in [9.17, 15) is 4.79 Å².